The topological polar surface area (TPSA) is 46.5 Å². The van der Waals surface area contributed by atoms with Crippen molar-refractivity contribution in [3.63, 3.8) is 0 Å². The molecule has 1 heterocycles. The molecule has 0 amide bonds. The molecule has 0 spiro atoms. The number of para-hydroxylation sites is 1. The van der Waals surface area contributed by atoms with E-state index in [1.165, 1.54) is 11.1 Å². The summed E-state index contributed by atoms with van der Waals surface area (Å²) >= 11 is 0. The Morgan fingerprint density at radius 2 is 1.73 bits per heavy atom. The molecule has 112 valence electrons. The van der Waals surface area contributed by atoms with Crippen LogP contribution in [0.2, 0.25) is 0 Å². The maximum Gasteiger partial charge on any atom is 0.317 e. The summed E-state index contributed by atoms with van der Waals surface area (Å²) in [5, 5.41) is 10.8. The van der Waals surface area contributed by atoms with Gasteiger partial charge in [-0.05, 0) is 36.5 Å². The smallest absolute Gasteiger partial charge is 0.317 e. The van der Waals surface area contributed by atoms with Gasteiger partial charge in [-0.15, -0.1) is 0 Å². The zero-order chi connectivity index (χ0) is 15.1. The zero-order valence-electron chi connectivity index (χ0n) is 12.2. The monoisotopic (exact) mass is 294 g/mol. The Morgan fingerprint density at radius 3 is 2.59 bits per heavy atom. The fourth-order valence-electron chi connectivity index (χ4n) is 3.87. The van der Waals surface area contributed by atoms with Gasteiger partial charge >= 0.3 is 5.97 Å². The Balaban J connectivity index is 1.76. The standard InChI is InChI=1S/C19H18O3/c20-18-15-9-3-4-11-16(15)22-19(21)17(18)14-10-5-7-12-6-1-2-8-13(12)14/h1-4,6,8-9,11,14,17-18,20H,5,7,10H2. The van der Waals surface area contributed by atoms with Crippen molar-refractivity contribution in [2.24, 2.45) is 5.92 Å². The Hall–Kier alpha value is -2.13. The first-order chi connectivity index (χ1) is 10.8. The lowest BCUT2D eigenvalue weighted by atomic mass is 9.72. The van der Waals surface area contributed by atoms with Crippen LogP contribution in [0.1, 0.15) is 41.6 Å². The highest BCUT2D eigenvalue weighted by Gasteiger charge is 2.43. The average molecular weight is 294 g/mol. The summed E-state index contributed by atoms with van der Waals surface area (Å²) in [5.74, 6) is -0.314. The third-order valence-corrected chi connectivity index (χ3v) is 4.91. The molecular weight excluding hydrogens is 276 g/mol. The molecule has 0 saturated heterocycles. The van der Waals surface area contributed by atoms with E-state index in [0.29, 0.717) is 5.75 Å². The van der Waals surface area contributed by atoms with Crippen LogP contribution in [0.25, 0.3) is 0 Å². The number of carbonyl (C=O) groups excluding carboxylic acids is 1. The number of aryl methyl sites for hydroxylation is 1. The lowest BCUT2D eigenvalue weighted by molar-refractivity contribution is -0.147. The molecule has 1 aliphatic heterocycles. The SMILES string of the molecule is O=C1Oc2ccccc2C(O)C1C1CCCc2ccccc21. The maximum absolute atomic E-state index is 12.5. The Kier molecular flexibility index (Phi) is 3.23. The predicted molar refractivity (Wildman–Crippen MR) is 82.6 cm³/mol. The summed E-state index contributed by atoms with van der Waals surface area (Å²) in [5.41, 5.74) is 3.20. The molecule has 0 aromatic heterocycles. The molecule has 3 nitrogen and oxygen atoms in total. The highest BCUT2D eigenvalue weighted by molar-refractivity contribution is 5.80. The fraction of sp³-hybridized carbons (Fsp3) is 0.316. The van der Waals surface area contributed by atoms with Crippen LogP contribution in [0.15, 0.2) is 48.5 Å². The van der Waals surface area contributed by atoms with E-state index in [4.69, 9.17) is 4.74 Å². The van der Waals surface area contributed by atoms with Crippen molar-refractivity contribution in [2.45, 2.75) is 31.3 Å². The van der Waals surface area contributed by atoms with Crippen LogP contribution >= 0.6 is 0 Å². The van der Waals surface area contributed by atoms with E-state index in [-0.39, 0.29) is 11.9 Å². The van der Waals surface area contributed by atoms with Crippen LogP contribution in [0.4, 0.5) is 0 Å². The lowest BCUT2D eigenvalue weighted by Crippen LogP contribution is -2.37. The molecule has 0 fully saturated rings. The summed E-state index contributed by atoms with van der Waals surface area (Å²) in [6.07, 6.45) is 2.20. The third kappa shape index (κ3) is 2.04. The number of ether oxygens (including phenoxy) is 1. The summed E-state index contributed by atoms with van der Waals surface area (Å²) in [7, 11) is 0. The molecule has 1 aliphatic carbocycles. The second-order valence-corrected chi connectivity index (χ2v) is 6.13. The van der Waals surface area contributed by atoms with Crippen molar-refractivity contribution in [2.75, 3.05) is 0 Å². The van der Waals surface area contributed by atoms with Gasteiger partial charge in [-0.2, -0.15) is 0 Å². The quantitative estimate of drug-likeness (QED) is 0.648. The minimum Gasteiger partial charge on any atom is -0.426 e. The second-order valence-electron chi connectivity index (χ2n) is 6.13. The van der Waals surface area contributed by atoms with Gasteiger partial charge in [0.15, 0.2) is 0 Å². The van der Waals surface area contributed by atoms with E-state index in [2.05, 4.69) is 12.1 Å². The number of rotatable bonds is 1. The minimum atomic E-state index is -0.798. The number of fused-ring (bicyclic) bond motifs is 2. The lowest BCUT2D eigenvalue weighted by Gasteiger charge is -2.36. The van der Waals surface area contributed by atoms with Gasteiger partial charge in [-0.3, -0.25) is 4.79 Å². The van der Waals surface area contributed by atoms with Crippen LogP contribution < -0.4 is 4.74 Å². The Morgan fingerprint density at radius 1 is 1.00 bits per heavy atom. The van der Waals surface area contributed by atoms with Gasteiger partial charge in [0.2, 0.25) is 0 Å². The van der Waals surface area contributed by atoms with Gasteiger partial charge in [-0.25, -0.2) is 0 Å². The molecule has 3 heteroatoms. The van der Waals surface area contributed by atoms with E-state index in [0.717, 1.165) is 24.8 Å². The van der Waals surface area contributed by atoms with Gasteiger partial charge < -0.3 is 9.84 Å². The second kappa shape index (κ2) is 5.25. The van der Waals surface area contributed by atoms with Crippen LogP contribution in [0.5, 0.6) is 5.75 Å². The molecule has 3 atom stereocenters. The highest BCUT2D eigenvalue weighted by atomic mass is 16.5. The zero-order valence-corrected chi connectivity index (χ0v) is 12.2. The number of esters is 1. The van der Waals surface area contributed by atoms with Gasteiger partial charge in [0.05, 0.1) is 12.0 Å². The molecule has 2 aromatic rings. The predicted octanol–water partition coefficient (Wildman–Crippen LogP) is 3.38. The number of benzene rings is 2. The van der Waals surface area contributed by atoms with Crippen LogP contribution in [-0.2, 0) is 11.2 Å². The number of carbonyl (C=O) groups is 1. The molecular formula is C19H18O3. The van der Waals surface area contributed by atoms with Crippen molar-refractivity contribution < 1.29 is 14.6 Å². The van der Waals surface area contributed by atoms with E-state index in [1.807, 2.05) is 30.3 Å². The molecule has 0 radical (unpaired) electrons. The minimum absolute atomic E-state index is 0.0285. The van der Waals surface area contributed by atoms with E-state index >= 15 is 0 Å². The van der Waals surface area contributed by atoms with Crippen molar-refractivity contribution in [1.29, 1.82) is 0 Å². The van der Waals surface area contributed by atoms with Crippen molar-refractivity contribution in [1.82, 2.24) is 0 Å². The summed E-state index contributed by atoms with van der Waals surface area (Å²) in [6.45, 7) is 0. The van der Waals surface area contributed by atoms with Gasteiger partial charge in [0, 0.05) is 11.5 Å². The van der Waals surface area contributed by atoms with Gasteiger partial charge in [-0.1, -0.05) is 42.5 Å². The maximum atomic E-state index is 12.5. The fourth-order valence-corrected chi connectivity index (χ4v) is 3.87. The van der Waals surface area contributed by atoms with Crippen molar-refractivity contribution in [3.05, 3.63) is 65.2 Å². The molecule has 2 aromatic carbocycles. The van der Waals surface area contributed by atoms with E-state index < -0.39 is 12.0 Å². The first-order valence-electron chi connectivity index (χ1n) is 7.82. The van der Waals surface area contributed by atoms with E-state index in [9.17, 15) is 9.90 Å². The molecule has 0 saturated carbocycles. The summed E-state index contributed by atoms with van der Waals surface area (Å²) in [6, 6.07) is 15.5. The van der Waals surface area contributed by atoms with Crippen molar-refractivity contribution >= 4 is 5.97 Å². The molecule has 1 N–H and O–H groups in total. The normalized spacial score (nSPS) is 26.8. The van der Waals surface area contributed by atoms with Crippen molar-refractivity contribution in [3.8, 4) is 5.75 Å². The average Bonchev–Trinajstić information content (AvgIpc) is 2.55. The van der Waals surface area contributed by atoms with Crippen LogP contribution in [0, 0.1) is 5.92 Å². The first kappa shape index (κ1) is 13.5. The molecule has 0 bridgehead atoms. The number of hydrogen-bond acceptors (Lipinski definition) is 3. The molecule has 2 aliphatic rings. The van der Waals surface area contributed by atoms with E-state index in [1.54, 1.807) is 6.07 Å². The van der Waals surface area contributed by atoms with Gasteiger partial charge in [0.1, 0.15) is 5.75 Å². The Bertz CT molecular complexity index is 722. The summed E-state index contributed by atoms with van der Waals surface area (Å²) in [4.78, 5) is 12.5. The van der Waals surface area contributed by atoms with Crippen LogP contribution in [0.3, 0.4) is 0 Å². The molecule has 3 unspecified atom stereocenters. The highest BCUT2D eigenvalue weighted by Crippen LogP contribution is 2.46. The Labute approximate surface area is 129 Å². The van der Waals surface area contributed by atoms with Gasteiger partial charge in [0.25, 0.3) is 0 Å². The summed E-state index contributed by atoms with van der Waals surface area (Å²) < 4.78 is 5.48. The largest absolute Gasteiger partial charge is 0.426 e. The first-order valence-corrected chi connectivity index (χ1v) is 7.82. The third-order valence-electron chi connectivity index (χ3n) is 4.91. The number of hydrogen-bond donors (Lipinski definition) is 1. The molecule has 4 rings (SSSR count). The van der Waals surface area contributed by atoms with Crippen LogP contribution in [-0.4, -0.2) is 11.1 Å². The number of aliphatic hydroxyl groups excluding tert-OH is 1. The molecule has 22 heavy (non-hydrogen) atoms. The number of aliphatic hydroxyl groups is 1.